The van der Waals surface area contributed by atoms with Gasteiger partial charge in [0.05, 0.1) is 6.54 Å². The smallest absolute Gasteiger partial charge is 0.325 e. The van der Waals surface area contributed by atoms with Gasteiger partial charge in [-0.15, -0.1) is 0 Å². The number of hydrogen-bond acceptors (Lipinski definition) is 4. The third-order valence-corrected chi connectivity index (χ3v) is 5.48. The Morgan fingerprint density at radius 1 is 0.970 bits per heavy atom. The highest BCUT2D eigenvalue weighted by Crippen LogP contribution is 2.30. The first kappa shape index (κ1) is 21.9. The van der Waals surface area contributed by atoms with Crippen LogP contribution in [0.1, 0.15) is 12.5 Å². The van der Waals surface area contributed by atoms with Gasteiger partial charge in [-0.25, -0.2) is 9.18 Å². The number of halogens is 1. The van der Waals surface area contributed by atoms with Crippen molar-refractivity contribution in [3.63, 3.8) is 0 Å². The van der Waals surface area contributed by atoms with E-state index < -0.39 is 41.7 Å². The zero-order chi connectivity index (χ0) is 23.6. The Kier molecular flexibility index (Phi) is 5.78. The lowest BCUT2D eigenvalue weighted by atomic mass is 9.90. The molecular formula is C24H21FN4O4. The number of urea groups is 1. The Morgan fingerprint density at radius 2 is 1.67 bits per heavy atom. The van der Waals surface area contributed by atoms with E-state index in [9.17, 15) is 23.6 Å². The number of carbonyl (C=O) groups excluding carboxylic acids is 4. The molecule has 0 spiro atoms. The van der Waals surface area contributed by atoms with Crippen LogP contribution in [0.2, 0.25) is 0 Å². The second-order valence-electron chi connectivity index (χ2n) is 7.84. The predicted molar refractivity (Wildman–Crippen MR) is 120 cm³/mol. The Labute approximate surface area is 188 Å². The van der Waals surface area contributed by atoms with E-state index in [0.717, 1.165) is 15.7 Å². The fraction of sp³-hybridized carbons (Fsp3) is 0.167. The minimum atomic E-state index is -1.32. The molecule has 8 nitrogen and oxygen atoms in total. The number of nitrogens with zero attached hydrogens (tertiary/aromatic N) is 1. The third kappa shape index (κ3) is 4.52. The van der Waals surface area contributed by atoms with E-state index >= 15 is 0 Å². The molecule has 3 N–H and O–H groups in total. The highest BCUT2D eigenvalue weighted by atomic mass is 19.1. The summed E-state index contributed by atoms with van der Waals surface area (Å²) in [6.07, 6.45) is 0. The van der Waals surface area contributed by atoms with Crippen molar-refractivity contribution >= 4 is 40.2 Å². The van der Waals surface area contributed by atoms with Crippen LogP contribution in [0.5, 0.6) is 0 Å². The van der Waals surface area contributed by atoms with Crippen LogP contribution in [0.3, 0.4) is 0 Å². The number of hydrogen-bond donors (Lipinski definition) is 3. The first-order chi connectivity index (χ1) is 15.8. The Hall–Kier alpha value is -4.27. The molecule has 0 aromatic heterocycles. The molecule has 3 aromatic rings. The van der Waals surface area contributed by atoms with Crippen molar-refractivity contribution in [1.82, 2.24) is 15.5 Å². The van der Waals surface area contributed by atoms with Gasteiger partial charge >= 0.3 is 6.03 Å². The van der Waals surface area contributed by atoms with Crippen molar-refractivity contribution in [2.75, 3.05) is 18.4 Å². The van der Waals surface area contributed by atoms with Crippen molar-refractivity contribution in [2.24, 2.45) is 0 Å². The molecule has 33 heavy (non-hydrogen) atoms. The molecule has 0 radical (unpaired) electrons. The zero-order valence-electron chi connectivity index (χ0n) is 17.7. The maximum absolute atomic E-state index is 13.1. The highest BCUT2D eigenvalue weighted by molar-refractivity contribution is 6.09. The molecule has 1 atom stereocenters. The van der Waals surface area contributed by atoms with E-state index in [-0.39, 0.29) is 6.54 Å². The molecular weight excluding hydrogens is 427 g/mol. The molecule has 0 unspecified atom stereocenters. The van der Waals surface area contributed by atoms with Crippen LogP contribution in [0.25, 0.3) is 10.8 Å². The van der Waals surface area contributed by atoms with Gasteiger partial charge in [0.2, 0.25) is 11.8 Å². The van der Waals surface area contributed by atoms with E-state index in [1.807, 2.05) is 36.4 Å². The van der Waals surface area contributed by atoms with Gasteiger partial charge < -0.3 is 16.0 Å². The van der Waals surface area contributed by atoms with Crippen LogP contribution in [-0.4, -0.2) is 41.7 Å². The summed E-state index contributed by atoms with van der Waals surface area (Å²) in [5.74, 6) is -2.21. The largest absolute Gasteiger partial charge is 0.345 e. The lowest BCUT2D eigenvalue weighted by Crippen LogP contribution is -2.44. The minimum absolute atomic E-state index is 0.371. The average Bonchev–Trinajstić information content (AvgIpc) is 3.02. The predicted octanol–water partition coefficient (Wildman–Crippen LogP) is 2.50. The van der Waals surface area contributed by atoms with Gasteiger partial charge in [-0.1, -0.05) is 36.4 Å². The summed E-state index contributed by atoms with van der Waals surface area (Å²) in [7, 11) is 0. The quantitative estimate of drug-likeness (QED) is 0.504. The lowest BCUT2D eigenvalue weighted by Gasteiger charge is -2.22. The number of anilines is 1. The minimum Gasteiger partial charge on any atom is -0.345 e. The van der Waals surface area contributed by atoms with Gasteiger partial charge in [-0.05, 0) is 53.6 Å². The van der Waals surface area contributed by atoms with Gasteiger partial charge in [0.15, 0.2) is 0 Å². The van der Waals surface area contributed by atoms with Gasteiger partial charge in [-0.3, -0.25) is 19.3 Å². The molecule has 1 fully saturated rings. The molecule has 0 bridgehead atoms. The number of rotatable bonds is 6. The molecule has 4 rings (SSSR count). The molecule has 9 heteroatoms. The summed E-state index contributed by atoms with van der Waals surface area (Å²) in [5.41, 5.74) is -0.349. The van der Waals surface area contributed by atoms with E-state index in [0.29, 0.717) is 11.3 Å². The number of benzene rings is 3. The molecule has 1 heterocycles. The number of imide groups is 1. The summed E-state index contributed by atoms with van der Waals surface area (Å²) >= 11 is 0. The van der Waals surface area contributed by atoms with E-state index in [1.165, 1.54) is 24.3 Å². The molecule has 168 valence electrons. The number of nitrogens with one attached hydrogen (secondary N) is 3. The van der Waals surface area contributed by atoms with Crippen molar-refractivity contribution in [3.05, 3.63) is 78.1 Å². The third-order valence-electron chi connectivity index (χ3n) is 5.48. The fourth-order valence-corrected chi connectivity index (χ4v) is 3.65. The monoisotopic (exact) mass is 448 g/mol. The summed E-state index contributed by atoms with van der Waals surface area (Å²) in [4.78, 5) is 50.7. The standard InChI is InChI=1S/C24H21FN4O4/c1-24(17-7-6-15-4-2-3-5-16(15)12-17)22(32)29(23(33)28-24)14-21(31)26-13-20(30)27-19-10-8-18(25)9-11-19/h2-12H,13-14H2,1H3,(H,26,31)(H,27,30)(H,28,33)/t24-/m1/s1. The van der Waals surface area contributed by atoms with Crippen molar-refractivity contribution in [2.45, 2.75) is 12.5 Å². The van der Waals surface area contributed by atoms with E-state index in [4.69, 9.17) is 0 Å². The maximum atomic E-state index is 13.1. The Balaban J connectivity index is 1.38. The first-order valence-electron chi connectivity index (χ1n) is 10.2. The lowest BCUT2D eigenvalue weighted by molar-refractivity contribution is -0.135. The summed E-state index contributed by atoms with van der Waals surface area (Å²) in [6.45, 7) is 0.685. The van der Waals surface area contributed by atoms with Gasteiger partial charge in [0.25, 0.3) is 5.91 Å². The van der Waals surface area contributed by atoms with Crippen LogP contribution < -0.4 is 16.0 Å². The molecule has 1 aliphatic rings. The summed E-state index contributed by atoms with van der Waals surface area (Å²) in [6, 6.07) is 17.6. The van der Waals surface area contributed by atoms with Crippen molar-refractivity contribution in [3.8, 4) is 0 Å². The van der Waals surface area contributed by atoms with Crippen LogP contribution in [0, 0.1) is 5.82 Å². The van der Waals surface area contributed by atoms with Crippen LogP contribution in [-0.2, 0) is 19.9 Å². The molecule has 0 aliphatic carbocycles. The zero-order valence-corrected chi connectivity index (χ0v) is 17.7. The van der Waals surface area contributed by atoms with Crippen LogP contribution in [0.4, 0.5) is 14.9 Å². The molecule has 1 saturated heterocycles. The Bertz CT molecular complexity index is 1260. The molecule has 3 aromatic carbocycles. The van der Waals surface area contributed by atoms with Crippen molar-refractivity contribution in [1.29, 1.82) is 0 Å². The van der Waals surface area contributed by atoms with E-state index in [2.05, 4.69) is 16.0 Å². The molecule has 1 aliphatic heterocycles. The number of amides is 5. The average molecular weight is 448 g/mol. The van der Waals surface area contributed by atoms with Crippen LogP contribution >= 0.6 is 0 Å². The second kappa shape index (κ2) is 8.70. The van der Waals surface area contributed by atoms with Crippen LogP contribution in [0.15, 0.2) is 66.7 Å². The second-order valence-corrected chi connectivity index (χ2v) is 7.84. The summed E-state index contributed by atoms with van der Waals surface area (Å²) < 4.78 is 12.9. The number of fused-ring (bicyclic) bond motifs is 1. The van der Waals surface area contributed by atoms with Crippen molar-refractivity contribution < 1.29 is 23.6 Å². The summed E-state index contributed by atoms with van der Waals surface area (Å²) in [5, 5.41) is 9.46. The van der Waals surface area contributed by atoms with E-state index in [1.54, 1.807) is 13.0 Å². The first-order valence-corrected chi connectivity index (χ1v) is 10.2. The normalized spacial score (nSPS) is 17.7. The van der Waals surface area contributed by atoms with Gasteiger partial charge in [0.1, 0.15) is 17.9 Å². The highest BCUT2D eigenvalue weighted by Gasteiger charge is 2.49. The topological polar surface area (TPSA) is 108 Å². The SMILES string of the molecule is C[C@]1(c2ccc3ccccc3c2)NC(=O)N(CC(=O)NCC(=O)Nc2ccc(F)cc2)C1=O. The molecule has 5 amide bonds. The van der Waals surface area contributed by atoms with Gasteiger partial charge in [-0.2, -0.15) is 0 Å². The Morgan fingerprint density at radius 3 is 2.39 bits per heavy atom. The van der Waals surface area contributed by atoms with Gasteiger partial charge in [0, 0.05) is 5.69 Å². The number of carbonyl (C=O) groups is 4. The fourth-order valence-electron chi connectivity index (χ4n) is 3.65. The molecule has 0 saturated carbocycles. The maximum Gasteiger partial charge on any atom is 0.325 e.